The van der Waals surface area contributed by atoms with Gasteiger partial charge in [-0.3, -0.25) is 4.79 Å². The van der Waals surface area contributed by atoms with E-state index in [1.165, 1.54) is 6.92 Å². The van der Waals surface area contributed by atoms with Crippen molar-refractivity contribution in [3.8, 4) is 5.75 Å². The van der Waals surface area contributed by atoms with Crippen LogP contribution in [0.1, 0.15) is 34.0 Å². The molecular formula is C11H13BrO2. The highest BCUT2D eigenvalue weighted by Gasteiger charge is 2.17. The largest absolute Gasteiger partial charge is 0.506 e. The summed E-state index contributed by atoms with van der Waals surface area (Å²) < 4.78 is 0.616. The zero-order valence-corrected chi connectivity index (χ0v) is 10.3. The molecule has 1 aromatic rings. The number of ketones is 1. The van der Waals surface area contributed by atoms with Gasteiger partial charge in [0.05, 0.1) is 4.47 Å². The fraction of sp³-hybridized carbons (Fsp3) is 0.364. The molecule has 0 aromatic heterocycles. The van der Waals surface area contributed by atoms with Gasteiger partial charge in [-0.05, 0) is 60.3 Å². The van der Waals surface area contributed by atoms with Crippen LogP contribution in [-0.2, 0) is 0 Å². The number of aromatic hydroxyl groups is 1. The van der Waals surface area contributed by atoms with Gasteiger partial charge in [0.15, 0.2) is 5.78 Å². The Morgan fingerprint density at radius 2 is 1.64 bits per heavy atom. The third kappa shape index (κ3) is 1.57. The lowest BCUT2D eigenvalue weighted by molar-refractivity contribution is 0.101. The quantitative estimate of drug-likeness (QED) is 0.784. The molecule has 0 aliphatic heterocycles. The Hall–Kier alpha value is -0.830. The average molecular weight is 257 g/mol. The number of benzene rings is 1. The smallest absolute Gasteiger partial charge is 0.160 e. The van der Waals surface area contributed by atoms with Crippen LogP contribution < -0.4 is 0 Å². The van der Waals surface area contributed by atoms with Crippen LogP contribution in [0.25, 0.3) is 0 Å². The van der Waals surface area contributed by atoms with Gasteiger partial charge in [-0.25, -0.2) is 0 Å². The van der Waals surface area contributed by atoms with Crippen molar-refractivity contribution in [3.05, 3.63) is 26.7 Å². The van der Waals surface area contributed by atoms with Crippen molar-refractivity contribution in [1.82, 2.24) is 0 Å². The number of Topliss-reactive ketones (excluding diaryl/α,β-unsaturated/α-hetero) is 1. The first kappa shape index (κ1) is 11.2. The number of phenols is 1. The number of phenolic OH excluding ortho intramolecular Hbond substituents is 1. The van der Waals surface area contributed by atoms with E-state index in [0.29, 0.717) is 10.0 Å². The molecule has 0 radical (unpaired) electrons. The molecule has 0 spiro atoms. The summed E-state index contributed by atoms with van der Waals surface area (Å²) in [6, 6.07) is 0. The molecule has 76 valence electrons. The molecule has 0 aliphatic carbocycles. The standard InChI is InChI=1S/C11H13BrO2/c1-5-6(2)11(14)10(12)7(3)9(5)8(4)13/h14H,1-4H3. The SMILES string of the molecule is CC(=O)c1c(C)c(C)c(O)c(Br)c1C. The molecule has 0 saturated carbocycles. The highest BCUT2D eigenvalue weighted by atomic mass is 79.9. The van der Waals surface area contributed by atoms with E-state index in [-0.39, 0.29) is 11.5 Å². The maximum absolute atomic E-state index is 11.4. The number of carbonyl (C=O) groups excluding carboxylic acids is 1. The van der Waals surface area contributed by atoms with Crippen LogP contribution in [-0.4, -0.2) is 10.9 Å². The lowest BCUT2D eigenvalue weighted by atomic mass is 9.95. The third-order valence-electron chi connectivity index (χ3n) is 2.56. The van der Waals surface area contributed by atoms with E-state index in [9.17, 15) is 9.90 Å². The first-order valence-corrected chi connectivity index (χ1v) is 5.16. The van der Waals surface area contributed by atoms with Gasteiger partial charge in [-0.2, -0.15) is 0 Å². The molecule has 0 saturated heterocycles. The predicted octanol–water partition coefficient (Wildman–Crippen LogP) is 3.28. The van der Waals surface area contributed by atoms with Crippen LogP contribution in [0.2, 0.25) is 0 Å². The van der Waals surface area contributed by atoms with Gasteiger partial charge in [-0.1, -0.05) is 0 Å². The summed E-state index contributed by atoms with van der Waals surface area (Å²) in [4.78, 5) is 11.4. The topological polar surface area (TPSA) is 37.3 Å². The van der Waals surface area contributed by atoms with Gasteiger partial charge in [0.2, 0.25) is 0 Å². The summed E-state index contributed by atoms with van der Waals surface area (Å²) in [6.45, 7) is 7.03. The molecule has 0 fully saturated rings. The van der Waals surface area contributed by atoms with Gasteiger partial charge in [0.25, 0.3) is 0 Å². The summed E-state index contributed by atoms with van der Waals surface area (Å²) in [5, 5.41) is 9.72. The van der Waals surface area contributed by atoms with Crippen molar-refractivity contribution in [2.24, 2.45) is 0 Å². The second kappa shape index (κ2) is 3.73. The molecule has 0 atom stereocenters. The summed E-state index contributed by atoms with van der Waals surface area (Å²) >= 11 is 3.28. The molecule has 2 nitrogen and oxygen atoms in total. The fourth-order valence-corrected chi connectivity index (χ4v) is 2.12. The minimum absolute atomic E-state index is 0.0313. The minimum Gasteiger partial charge on any atom is -0.506 e. The van der Waals surface area contributed by atoms with Gasteiger partial charge in [0, 0.05) is 5.56 Å². The second-order valence-corrected chi connectivity index (χ2v) is 4.26. The lowest BCUT2D eigenvalue weighted by Crippen LogP contribution is -2.03. The van der Waals surface area contributed by atoms with Crippen LogP contribution in [0.15, 0.2) is 4.47 Å². The van der Waals surface area contributed by atoms with E-state index in [0.717, 1.165) is 16.7 Å². The van der Waals surface area contributed by atoms with Crippen molar-refractivity contribution < 1.29 is 9.90 Å². The first-order valence-electron chi connectivity index (χ1n) is 4.37. The van der Waals surface area contributed by atoms with Gasteiger partial charge in [-0.15, -0.1) is 0 Å². The molecule has 1 aromatic carbocycles. The van der Waals surface area contributed by atoms with E-state index in [1.54, 1.807) is 6.92 Å². The number of rotatable bonds is 1. The number of carbonyl (C=O) groups is 1. The highest BCUT2D eigenvalue weighted by molar-refractivity contribution is 9.10. The molecule has 0 amide bonds. The van der Waals surface area contributed by atoms with Gasteiger partial charge >= 0.3 is 0 Å². The molecule has 1 rings (SSSR count). The summed E-state index contributed by atoms with van der Waals surface area (Å²) in [6.07, 6.45) is 0. The Balaban J connectivity index is 3.68. The predicted molar refractivity (Wildman–Crippen MR) is 60.0 cm³/mol. The lowest BCUT2D eigenvalue weighted by Gasteiger charge is -2.14. The molecular weight excluding hydrogens is 244 g/mol. The molecule has 14 heavy (non-hydrogen) atoms. The van der Waals surface area contributed by atoms with Crippen LogP contribution in [0.3, 0.4) is 0 Å². The maximum Gasteiger partial charge on any atom is 0.160 e. The fourth-order valence-electron chi connectivity index (χ4n) is 1.63. The molecule has 0 bridgehead atoms. The van der Waals surface area contributed by atoms with E-state index in [4.69, 9.17) is 0 Å². The highest BCUT2D eigenvalue weighted by Crippen LogP contribution is 2.36. The monoisotopic (exact) mass is 256 g/mol. The minimum atomic E-state index is 0.0313. The molecule has 3 heteroatoms. The van der Waals surface area contributed by atoms with Crippen LogP contribution in [0.5, 0.6) is 5.75 Å². The molecule has 1 N–H and O–H groups in total. The Morgan fingerprint density at radius 3 is 2.07 bits per heavy atom. The number of hydrogen-bond acceptors (Lipinski definition) is 2. The zero-order valence-electron chi connectivity index (χ0n) is 8.73. The number of hydrogen-bond donors (Lipinski definition) is 1. The summed E-state index contributed by atoms with van der Waals surface area (Å²) in [5.41, 5.74) is 3.12. The van der Waals surface area contributed by atoms with E-state index in [1.807, 2.05) is 13.8 Å². The van der Waals surface area contributed by atoms with Crippen molar-refractivity contribution >= 4 is 21.7 Å². The van der Waals surface area contributed by atoms with Gasteiger partial charge in [0.1, 0.15) is 5.75 Å². The average Bonchev–Trinajstić information content (AvgIpc) is 2.11. The first-order chi connectivity index (χ1) is 6.37. The van der Waals surface area contributed by atoms with Crippen LogP contribution in [0.4, 0.5) is 0 Å². The van der Waals surface area contributed by atoms with Crippen molar-refractivity contribution in [2.75, 3.05) is 0 Å². The van der Waals surface area contributed by atoms with E-state index < -0.39 is 0 Å². The molecule has 0 heterocycles. The van der Waals surface area contributed by atoms with Crippen molar-refractivity contribution in [1.29, 1.82) is 0 Å². The van der Waals surface area contributed by atoms with E-state index in [2.05, 4.69) is 15.9 Å². The van der Waals surface area contributed by atoms with E-state index >= 15 is 0 Å². The van der Waals surface area contributed by atoms with Gasteiger partial charge < -0.3 is 5.11 Å². The Labute approximate surface area is 92.1 Å². The number of halogens is 1. The Bertz CT molecular complexity index is 379. The molecule has 0 aliphatic rings. The Morgan fingerprint density at radius 1 is 1.14 bits per heavy atom. The van der Waals surface area contributed by atoms with Crippen molar-refractivity contribution in [3.63, 3.8) is 0 Å². The maximum atomic E-state index is 11.4. The summed E-state index contributed by atoms with van der Waals surface area (Å²) in [5.74, 6) is 0.258. The van der Waals surface area contributed by atoms with Crippen LogP contribution >= 0.6 is 15.9 Å². The van der Waals surface area contributed by atoms with Crippen LogP contribution in [0, 0.1) is 20.8 Å². The Kier molecular flexibility index (Phi) is 3.00. The summed E-state index contributed by atoms with van der Waals surface area (Å²) in [7, 11) is 0. The zero-order chi connectivity index (χ0) is 11.0. The normalized spacial score (nSPS) is 10.4. The third-order valence-corrected chi connectivity index (χ3v) is 3.53. The molecule has 0 unspecified atom stereocenters. The van der Waals surface area contributed by atoms with Crippen molar-refractivity contribution in [2.45, 2.75) is 27.7 Å². The second-order valence-electron chi connectivity index (χ2n) is 3.47.